The van der Waals surface area contributed by atoms with Crippen LogP contribution in [0.5, 0.6) is 11.5 Å². The molecule has 0 spiro atoms. The Labute approximate surface area is 213 Å². The van der Waals surface area contributed by atoms with E-state index in [1.54, 1.807) is 24.3 Å². The third-order valence-electron chi connectivity index (χ3n) is 5.57. The highest BCUT2D eigenvalue weighted by molar-refractivity contribution is 5.94. The van der Waals surface area contributed by atoms with Gasteiger partial charge in [-0.1, -0.05) is 55.5 Å². The molecule has 1 atom stereocenters. The summed E-state index contributed by atoms with van der Waals surface area (Å²) in [5.41, 5.74) is 2.98. The van der Waals surface area contributed by atoms with E-state index in [0.29, 0.717) is 24.0 Å². The van der Waals surface area contributed by atoms with Crippen LogP contribution in [0.25, 0.3) is 11.1 Å². The number of carbonyl (C=O) groups excluding carboxylic acids is 1. The number of halogens is 3. The van der Waals surface area contributed by atoms with Gasteiger partial charge >= 0.3 is 12.3 Å². The highest BCUT2D eigenvalue weighted by Crippen LogP contribution is 2.36. The van der Waals surface area contributed by atoms with Gasteiger partial charge in [-0.3, -0.25) is 9.59 Å². The summed E-state index contributed by atoms with van der Waals surface area (Å²) in [6.07, 6.45) is -3.60. The molecule has 0 bridgehead atoms. The fourth-order valence-corrected chi connectivity index (χ4v) is 3.58. The summed E-state index contributed by atoms with van der Waals surface area (Å²) in [4.78, 5) is 22.6. The van der Waals surface area contributed by atoms with Crippen LogP contribution in [0.4, 0.5) is 13.2 Å². The summed E-state index contributed by atoms with van der Waals surface area (Å²) in [6.45, 7) is 2.18. The van der Waals surface area contributed by atoms with E-state index in [-0.39, 0.29) is 37.1 Å². The van der Waals surface area contributed by atoms with Crippen molar-refractivity contribution in [2.75, 3.05) is 13.2 Å². The first-order valence-corrected chi connectivity index (χ1v) is 11.8. The Bertz CT molecular complexity index is 1180. The van der Waals surface area contributed by atoms with Crippen LogP contribution in [-0.4, -0.2) is 36.5 Å². The topological polar surface area (TPSA) is 84.9 Å². The monoisotopic (exact) mass is 515 g/mol. The van der Waals surface area contributed by atoms with Crippen molar-refractivity contribution in [3.63, 3.8) is 0 Å². The lowest BCUT2D eigenvalue weighted by Crippen LogP contribution is -2.25. The summed E-state index contributed by atoms with van der Waals surface area (Å²) in [7, 11) is 0. The third-order valence-corrected chi connectivity index (χ3v) is 5.57. The van der Waals surface area contributed by atoms with Gasteiger partial charge in [0.2, 0.25) is 0 Å². The van der Waals surface area contributed by atoms with Crippen LogP contribution in [0.15, 0.2) is 72.8 Å². The molecule has 1 unspecified atom stereocenters. The van der Waals surface area contributed by atoms with Crippen molar-refractivity contribution in [1.29, 1.82) is 0 Å². The van der Waals surface area contributed by atoms with Gasteiger partial charge < -0.3 is 19.9 Å². The Balaban J connectivity index is 1.57. The number of amides is 1. The van der Waals surface area contributed by atoms with E-state index in [4.69, 9.17) is 9.84 Å². The molecule has 0 aliphatic rings. The molecule has 6 nitrogen and oxygen atoms in total. The predicted molar refractivity (Wildman–Crippen MR) is 133 cm³/mol. The minimum atomic E-state index is -4.84. The predicted octanol–water partition coefficient (Wildman–Crippen LogP) is 6.10. The van der Waals surface area contributed by atoms with Crippen molar-refractivity contribution < 1.29 is 37.3 Å². The van der Waals surface area contributed by atoms with E-state index < -0.39 is 18.1 Å². The second-order valence-corrected chi connectivity index (χ2v) is 8.63. The SMILES string of the molecule is CC(CCc1ccc(C(=O)NCCC(=O)O)cc1)COc1cc(-c2ccccc2)ccc1OC(F)(F)F. The van der Waals surface area contributed by atoms with Crippen LogP contribution >= 0.6 is 0 Å². The molecule has 0 saturated heterocycles. The van der Waals surface area contributed by atoms with E-state index in [1.165, 1.54) is 6.07 Å². The quantitative estimate of drug-likeness (QED) is 0.304. The third kappa shape index (κ3) is 9.18. The Morgan fingerprint density at radius 3 is 2.30 bits per heavy atom. The molecule has 1 amide bonds. The zero-order chi connectivity index (χ0) is 26.8. The summed E-state index contributed by atoms with van der Waals surface area (Å²) in [5, 5.41) is 11.2. The van der Waals surface area contributed by atoms with Crippen LogP contribution in [-0.2, 0) is 11.2 Å². The number of hydrogen-bond donors (Lipinski definition) is 2. The maximum atomic E-state index is 12.9. The standard InChI is InChI=1S/C28H28F3NO5/c1-19(7-8-20-9-11-22(12-10-20)27(35)32-16-15-26(33)34)18-36-25-17-23(21-5-3-2-4-6-21)13-14-24(25)37-28(29,30)31/h2-6,9-14,17,19H,7-8,15-16,18H2,1H3,(H,32,35)(H,33,34). The molecule has 0 aromatic heterocycles. The van der Waals surface area contributed by atoms with Crippen molar-refractivity contribution >= 4 is 11.9 Å². The van der Waals surface area contributed by atoms with Gasteiger partial charge in [0.25, 0.3) is 5.91 Å². The molecule has 3 rings (SSSR count). The number of carboxylic acid groups (broad SMARTS) is 1. The molecule has 0 radical (unpaired) electrons. The number of hydrogen-bond acceptors (Lipinski definition) is 4. The van der Waals surface area contributed by atoms with Gasteiger partial charge in [0.05, 0.1) is 13.0 Å². The Hall–Kier alpha value is -4.01. The smallest absolute Gasteiger partial charge is 0.489 e. The number of nitrogens with one attached hydrogen (secondary N) is 1. The number of aryl methyl sites for hydroxylation is 1. The molecule has 0 heterocycles. The van der Waals surface area contributed by atoms with Gasteiger partial charge in [-0.15, -0.1) is 13.2 Å². The molecular weight excluding hydrogens is 487 g/mol. The minimum absolute atomic E-state index is 0.0174. The minimum Gasteiger partial charge on any atom is -0.489 e. The number of benzene rings is 3. The largest absolute Gasteiger partial charge is 0.573 e. The average Bonchev–Trinajstić information content (AvgIpc) is 2.86. The number of aliphatic carboxylic acids is 1. The van der Waals surface area contributed by atoms with E-state index in [1.807, 2.05) is 49.4 Å². The normalized spacial score (nSPS) is 12.0. The lowest BCUT2D eigenvalue weighted by Gasteiger charge is -2.18. The summed E-state index contributed by atoms with van der Waals surface area (Å²) in [6, 6.07) is 20.6. The van der Waals surface area contributed by atoms with Crippen LogP contribution in [0.3, 0.4) is 0 Å². The van der Waals surface area contributed by atoms with Crippen molar-refractivity contribution in [2.24, 2.45) is 5.92 Å². The van der Waals surface area contributed by atoms with Crippen LogP contribution in [0.1, 0.15) is 35.7 Å². The van der Waals surface area contributed by atoms with Gasteiger partial charge in [-0.05, 0) is 59.7 Å². The molecule has 37 heavy (non-hydrogen) atoms. The van der Waals surface area contributed by atoms with Gasteiger partial charge in [0.1, 0.15) is 0 Å². The molecule has 3 aromatic rings. The molecule has 0 aliphatic heterocycles. The molecule has 2 N–H and O–H groups in total. The second-order valence-electron chi connectivity index (χ2n) is 8.63. The molecule has 3 aromatic carbocycles. The molecule has 196 valence electrons. The van der Waals surface area contributed by atoms with Gasteiger partial charge in [-0.25, -0.2) is 0 Å². The Kier molecular flexibility index (Phi) is 9.54. The zero-order valence-corrected chi connectivity index (χ0v) is 20.3. The van der Waals surface area contributed by atoms with Crippen LogP contribution in [0.2, 0.25) is 0 Å². The molecular formula is C28H28F3NO5. The molecule has 0 aliphatic carbocycles. The fourth-order valence-electron chi connectivity index (χ4n) is 3.58. The lowest BCUT2D eigenvalue weighted by atomic mass is 10.0. The molecule has 0 saturated carbocycles. The summed E-state index contributed by atoms with van der Waals surface area (Å²) in [5.74, 6) is -1.68. The van der Waals surface area contributed by atoms with Crippen LogP contribution in [0, 0.1) is 5.92 Å². The molecule has 9 heteroatoms. The Morgan fingerprint density at radius 2 is 1.65 bits per heavy atom. The van der Waals surface area contributed by atoms with E-state index in [0.717, 1.165) is 11.1 Å². The number of carbonyl (C=O) groups is 2. The van der Waals surface area contributed by atoms with Crippen LogP contribution < -0.4 is 14.8 Å². The maximum Gasteiger partial charge on any atom is 0.573 e. The van der Waals surface area contributed by atoms with Crippen molar-refractivity contribution in [2.45, 2.75) is 32.5 Å². The van der Waals surface area contributed by atoms with Crippen molar-refractivity contribution in [1.82, 2.24) is 5.32 Å². The van der Waals surface area contributed by atoms with E-state index in [9.17, 15) is 22.8 Å². The fraction of sp³-hybridized carbons (Fsp3) is 0.286. The number of ether oxygens (including phenoxy) is 2. The highest BCUT2D eigenvalue weighted by Gasteiger charge is 2.32. The van der Waals surface area contributed by atoms with Gasteiger partial charge in [-0.2, -0.15) is 0 Å². The maximum absolute atomic E-state index is 12.9. The number of rotatable bonds is 12. The second kappa shape index (κ2) is 12.8. The molecule has 0 fully saturated rings. The highest BCUT2D eigenvalue weighted by atomic mass is 19.4. The van der Waals surface area contributed by atoms with Crippen molar-refractivity contribution in [3.05, 3.63) is 83.9 Å². The Morgan fingerprint density at radius 1 is 0.946 bits per heavy atom. The average molecular weight is 516 g/mol. The first-order chi connectivity index (χ1) is 17.6. The van der Waals surface area contributed by atoms with Crippen molar-refractivity contribution in [3.8, 4) is 22.6 Å². The zero-order valence-electron chi connectivity index (χ0n) is 20.3. The van der Waals surface area contributed by atoms with E-state index >= 15 is 0 Å². The summed E-state index contributed by atoms with van der Waals surface area (Å²) >= 11 is 0. The van der Waals surface area contributed by atoms with Gasteiger partial charge in [0, 0.05) is 12.1 Å². The first kappa shape index (κ1) is 27.6. The van der Waals surface area contributed by atoms with E-state index in [2.05, 4.69) is 10.1 Å². The number of alkyl halides is 3. The first-order valence-electron chi connectivity index (χ1n) is 11.8. The lowest BCUT2D eigenvalue weighted by molar-refractivity contribution is -0.275. The summed E-state index contributed by atoms with van der Waals surface area (Å²) < 4.78 is 48.6. The number of carboxylic acids is 1. The van der Waals surface area contributed by atoms with Gasteiger partial charge in [0.15, 0.2) is 11.5 Å².